The molecule has 0 heterocycles. The van der Waals surface area contributed by atoms with Gasteiger partial charge in [-0.15, -0.1) is 0 Å². The van der Waals surface area contributed by atoms with Gasteiger partial charge >= 0.3 is 0 Å². The molecule has 0 aliphatic heterocycles. The van der Waals surface area contributed by atoms with Crippen molar-refractivity contribution in [1.82, 2.24) is 10.2 Å². The molecule has 0 amide bonds. The molecule has 0 aromatic rings. The zero-order valence-corrected chi connectivity index (χ0v) is 10.1. The van der Waals surface area contributed by atoms with Crippen LogP contribution >= 0.6 is 0 Å². The smallest absolute Gasteiger partial charge is 0.0471 e. The molecule has 0 rings (SSSR count). The summed E-state index contributed by atoms with van der Waals surface area (Å²) in [6.45, 7) is 13.1. The molecule has 86 valence electrons. The number of nitrogens with one attached hydrogen (secondary N) is 1. The third-order valence-electron chi connectivity index (χ3n) is 2.93. The lowest BCUT2D eigenvalue weighted by Crippen LogP contribution is -2.39. The van der Waals surface area contributed by atoms with Crippen LogP contribution in [0.4, 0.5) is 0 Å². The van der Waals surface area contributed by atoms with Crippen LogP contribution in [0.1, 0.15) is 27.7 Å². The van der Waals surface area contributed by atoms with E-state index in [0.29, 0.717) is 12.0 Å². The van der Waals surface area contributed by atoms with Gasteiger partial charge in [0.2, 0.25) is 0 Å². The maximum absolute atomic E-state index is 8.96. The number of aliphatic hydroxyl groups excluding tert-OH is 1. The van der Waals surface area contributed by atoms with Gasteiger partial charge in [-0.3, -0.25) is 0 Å². The molecule has 0 fully saturated rings. The van der Waals surface area contributed by atoms with Gasteiger partial charge < -0.3 is 15.3 Å². The molecule has 0 aliphatic rings. The van der Waals surface area contributed by atoms with Gasteiger partial charge in [-0.2, -0.15) is 0 Å². The molecule has 0 aromatic carbocycles. The van der Waals surface area contributed by atoms with Gasteiger partial charge in [0.25, 0.3) is 0 Å². The van der Waals surface area contributed by atoms with Crippen molar-refractivity contribution < 1.29 is 5.11 Å². The maximum Gasteiger partial charge on any atom is 0.0471 e. The first-order valence-electron chi connectivity index (χ1n) is 5.72. The number of aliphatic hydroxyl groups is 1. The summed E-state index contributed by atoms with van der Waals surface area (Å²) in [6.07, 6.45) is 0. The Morgan fingerprint density at radius 1 is 1.21 bits per heavy atom. The van der Waals surface area contributed by atoms with E-state index in [4.69, 9.17) is 5.11 Å². The van der Waals surface area contributed by atoms with Crippen LogP contribution < -0.4 is 5.32 Å². The summed E-state index contributed by atoms with van der Waals surface area (Å²) in [5.41, 5.74) is 0. The van der Waals surface area contributed by atoms with Gasteiger partial charge in [0.15, 0.2) is 0 Å². The Hall–Kier alpha value is -0.120. The minimum Gasteiger partial charge on any atom is -0.396 e. The molecule has 0 saturated heterocycles. The molecule has 3 nitrogen and oxygen atoms in total. The fourth-order valence-electron chi connectivity index (χ4n) is 1.35. The summed E-state index contributed by atoms with van der Waals surface area (Å²) < 4.78 is 0. The molecular formula is C11H26N2O. The summed E-state index contributed by atoms with van der Waals surface area (Å²) in [7, 11) is 0. The molecule has 0 saturated carbocycles. The standard InChI is InChI=1S/C11H26N2O/c1-5-13(6-2)8-7-12-11(4)10(3)9-14/h10-12,14H,5-9H2,1-4H3. The van der Waals surface area contributed by atoms with Crippen molar-refractivity contribution >= 4 is 0 Å². The van der Waals surface area contributed by atoms with Gasteiger partial charge in [-0.05, 0) is 25.9 Å². The SMILES string of the molecule is CCN(CC)CCNC(C)C(C)CO. The van der Waals surface area contributed by atoms with Crippen molar-refractivity contribution in [3.05, 3.63) is 0 Å². The van der Waals surface area contributed by atoms with E-state index in [-0.39, 0.29) is 6.61 Å². The van der Waals surface area contributed by atoms with Crippen LogP contribution in [0.25, 0.3) is 0 Å². The first-order valence-corrected chi connectivity index (χ1v) is 5.72. The molecule has 14 heavy (non-hydrogen) atoms. The average Bonchev–Trinajstić information content (AvgIpc) is 2.22. The number of nitrogens with zero attached hydrogens (tertiary/aromatic N) is 1. The Morgan fingerprint density at radius 2 is 1.79 bits per heavy atom. The zero-order chi connectivity index (χ0) is 11.0. The molecule has 0 aromatic heterocycles. The first-order chi connectivity index (χ1) is 6.65. The number of likely N-dealkylation sites (N-methyl/N-ethyl adjacent to an activating group) is 1. The minimum absolute atomic E-state index is 0.263. The number of hydrogen-bond acceptors (Lipinski definition) is 3. The van der Waals surface area contributed by atoms with Gasteiger partial charge in [-0.1, -0.05) is 20.8 Å². The van der Waals surface area contributed by atoms with Crippen LogP contribution in [0.2, 0.25) is 0 Å². The zero-order valence-electron chi connectivity index (χ0n) is 10.1. The van der Waals surface area contributed by atoms with Crippen molar-refractivity contribution in [2.24, 2.45) is 5.92 Å². The summed E-state index contributed by atoms with van der Waals surface area (Å²) in [5, 5.41) is 12.4. The highest BCUT2D eigenvalue weighted by atomic mass is 16.3. The first kappa shape index (κ1) is 13.9. The van der Waals surface area contributed by atoms with E-state index >= 15 is 0 Å². The van der Waals surface area contributed by atoms with Crippen LogP contribution in [0.15, 0.2) is 0 Å². The lowest BCUT2D eigenvalue weighted by atomic mass is 10.1. The Kier molecular flexibility index (Phi) is 8.14. The fourth-order valence-corrected chi connectivity index (χ4v) is 1.35. The second-order valence-corrected chi connectivity index (χ2v) is 3.93. The average molecular weight is 202 g/mol. The molecular weight excluding hydrogens is 176 g/mol. The normalized spacial score (nSPS) is 15.9. The van der Waals surface area contributed by atoms with Crippen molar-refractivity contribution in [2.45, 2.75) is 33.7 Å². The van der Waals surface area contributed by atoms with Crippen molar-refractivity contribution in [3.63, 3.8) is 0 Å². The molecule has 3 heteroatoms. The van der Waals surface area contributed by atoms with Gasteiger partial charge in [0.1, 0.15) is 0 Å². The summed E-state index contributed by atoms with van der Waals surface area (Å²) >= 11 is 0. The third-order valence-corrected chi connectivity index (χ3v) is 2.93. The molecule has 0 aliphatic carbocycles. The largest absolute Gasteiger partial charge is 0.396 e. The van der Waals surface area contributed by atoms with E-state index in [1.165, 1.54) is 0 Å². The lowest BCUT2D eigenvalue weighted by molar-refractivity contribution is 0.203. The van der Waals surface area contributed by atoms with Gasteiger partial charge in [0, 0.05) is 25.7 Å². The number of hydrogen-bond donors (Lipinski definition) is 2. The van der Waals surface area contributed by atoms with Gasteiger partial charge in [0.05, 0.1) is 0 Å². The molecule has 0 bridgehead atoms. The van der Waals surface area contributed by atoms with E-state index in [2.05, 4.69) is 37.9 Å². The summed E-state index contributed by atoms with van der Waals surface area (Å²) in [4.78, 5) is 2.39. The highest BCUT2D eigenvalue weighted by Crippen LogP contribution is 1.99. The number of rotatable bonds is 8. The second kappa shape index (κ2) is 8.21. The van der Waals surface area contributed by atoms with E-state index in [9.17, 15) is 0 Å². The van der Waals surface area contributed by atoms with Crippen molar-refractivity contribution in [3.8, 4) is 0 Å². The van der Waals surface area contributed by atoms with Crippen molar-refractivity contribution in [1.29, 1.82) is 0 Å². The van der Waals surface area contributed by atoms with Crippen molar-refractivity contribution in [2.75, 3.05) is 32.8 Å². The third kappa shape index (κ3) is 5.58. The van der Waals surface area contributed by atoms with Crippen LogP contribution in [0.5, 0.6) is 0 Å². The Morgan fingerprint density at radius 3 is 2.21 bits per heavy atom. The lowest BCUT2D eigenvalue weighted by Gasteiger charge is -2.22. The minimum atomic E-state index is 0.263. The molecule has 0 radical (unpaired) electrons. The van der Waals surface area contributed by atoms with E-state index in [1.54, 1.807) is 0 Å². The Labute approximate surface area is 88.5 Å². The second-order valence-electron chi connectivity index (χ2n) is 3.93. The molecule has 0 spiro atoms. The van der Waals surface area contributed by atoms with E-state index in [0.717, 1.165) is 26.2 Å². The van der Waals surface area contributed by atoms with Crippen LogP contribution in [-0.4, -0.2) is 48.8 Å². The van der Waals surface area contributed by atoms with Crippen LogP contribution in [0.3, 0.4) is 0 Å². The topological polar surface area (TPSA) is 35.5 Å². The summed E-state index contributed by atoms with van der Waals surface area (Å²) in [6, 6.07) is 0.399. The molecule has 2 atom stereocenters. The maximum atomic E-state index is 8.96. The van der Waals surface area contributed by atoms with Gasteiger partial charge in [-0.25, -0.2) is 0 Å². The highest BCUT2D eigenvalue weighted by Gasteiger charge is 2.09. The molecule has 2 unspecified atom stereocenters. The Balaban J connectivity index is 3.52. The summed E-state index contributed by atoms with van der Waals surface area (Å²) in [5.74, 6) is 0.340. The van der Waals surface area contributed by atoms with E-state index in [1.807, 2.05) is 0 Å². The fraction of sp³-hybridized carbons (Fsp3) is 1.00. The van der Waals surface area contributed by atoms with Crippen LogP contribution in [-0.2, 0) is 0 Å². The Bertz CT molecular complexity index is 126. The molecule has 2 N–H and O–H groups in total. The van der Waals surface area contributed by atoms with E-state index < -0.39 is 0 Å². The van der Waals surface area contributed by atoms with Crippen LogP contribution in [0, 0.1) is 5.92 Å². The predicted molar refractivity (Wildman–Crippen MR) is 61.5 cm³/mol. The quantitative estimate of drug-likeness (QED) is 0.615. The predicted octanol–water partition coefficient (Wildman–Crippen LogP) is 0.935. The monoisotopic (exact) mass is 202 g/mol. The highest BCUT2D eigenvalue weighted by molar-refractivity contribution is 4.68.